The molecule has 1 heterocycles. The van der Waals surface area contributed by atoms with E-state index in [1.807, 2.05) is 18.3 Å². The summed E-state index contributed by atoms with van der Waals surface area (Å²) in [7, 11) is 0. The molecular weight excluding hydrogens is 479 g/mol. The second kappa shape index (κ2) is 15.7. The Balaban J connectivity index is 0.00000420. The largest absolute Gasteiger partial charge is 0.474 e. The van der Waals surface area contributed by atoms with Crippen molar-refractivity contribution in [1.82, 2.24) is 15.6 Å². The molecule has 1 aliphatic rings. The van der Waals surface area contributed by atoms with Crippen molar-refractivity contribution in [3.8, 4) is 5.88 Å². The van der Waals surface area contributed by atoms with Crippen LogP contribution in [0, 0.1) is 5.92 Å². The fourth-order valence-corrected chi connectivity index (χ4v) is 3.62. The molecule has 7 heteroatoms. The molecule has 1 aliphatic carbocycles. The van der Waals surface area contributed by atoms with Gasteiger partial charge in [-0.15, -0.1) is 24.0 Å². The Bertz CT molecular complexity index is 556. The van der Waals surface area contributed by atoms with E-state index in [1.54, 1.807) is 0 Å². The molecule has 0 bridgehead atoms. The first-order valence-corrected chi connectivity index (χ1v) is 11.0. The van der Waals surface area contributed by atoms with E-state index < -0.39 is 0 Å². The lowest BCUT2D eigenvalue weighted by molar-refractivity contribution is 0.148. The molecule has 1 fully saturated rings. The number of hydrogen-bond donors (Lipinski definition) is 3. The smallest absolute Gasteiger partial charge is 0.213 e. The number of pyridine rings is 1. The molecule has 0 saturated heterocycles. The lowest BCUT2D eigenvalue weighted by atomic mass is 9.98. The van der Waals surface area contributed by atoms with Crippen molar-refractivity contribution in [2.75, 3.05) is 19.7 Å². The zero-order chi connectivity index (χ0) is 20.0. The zero-order valence-electron chi connectivity index (χ0n) is 18.0. The van der Waals surface area contributed by atoms with Crippen LogP contribution in [0.5, 0.6) is 5.88 Å². The normalized spacial score (nSPS) is 16.0. The van der Waals surface area contributed by atoms with Gasteiger partial charge in [-0.2, -0.15) is 0 Å². The van der Waals surface area contributed by atoms with Crippen LogP contribution in [0.3, 0.4) is 0 Å². The summed E-state index contributed by atoms with van der Waals surface area (Å²) in [5.74, 6) is 2.00. The summed E-state index contributed by atoms with van der Waals surface area (Å²) in [5.41, 5.74) is 1.06. The number of aromatic nitrogens is 1. The number of nitrogens with one attached hydrogen (secondary N) is 2. The Hall–Kier alpha value is -1.09. The Morgan fingerprint density at radius 3 is 2.62 bits per heavy atom. The van der Waals surface area contributed by atoms with Crippen molar-refractivity contribution in [2.24, 2.45) is 10.9 Å². The van der Waals surface area contributed by atoms with Crippen molar-refractivity contribution in [2.45, 2.75) is 77.9 Å². The van der Waals surface area contributed by atoms with Gasteiger partial charge in [0.1, 0.15) is 6.10 Å². The number of halogens is 1. The highest BCUT2D eigenvalue weighted by Gasteiger charge is 2.15. The van der Waals surface area contributed by atoms with E-state index >= 15 is 0 Å². The highest BCUT2D eigenvalue weighted by atomic mass is 127. The van der Waals surface area contributed by atoms with Gasteiger partial charge in [-0.1, -0.05) is 25.8 Å². The SMILES string of the molecule is CCCC(CCO)CNC(=NCc1ccc(OC2CCCCC2)nc1)NCC.I. The van der Waals surface area contributed by atoms with Gasteiger partial charge in [0, 0.05) is 32.0 Å². The molecule has 6 nitrogen and oxygen atoms in total. The molecule has 0 spiro atoms. The van der Waals surface area contributed by atoms with Gasteiger partial charge in [0.15, 0.2) is 5.96 Å². The van der Waals surface area contributed by atoms with Crippen LogP contribution in [0.4, 0.5) is 0 Å². The quantitative estimate of drug-likeness (QED) is 0.232. The van der Waals surface area contributed by atoms with Crippen molar-refractivity contribution in [3.05, 3.63) is 23.9 Å². The van der Waals surface area contributed by atoms with E-state index in [2.05, 4.69) is 34.5 Å². The van der Waals surface area contributed by atoms with Crippen LogP contribution in [0.2, 0.25) is 0 Å². The standard InChI is InChI=1S/C22H38N4O2.HI/c1-3-8-18(13-14-27)15-25-22(23-4-2)26-17-19-11-12-21(24-16-19)28-20-9-6-5-7-10-20;/h11-12,16,18,20,27H,3-10,13-15,17H2,1-2H3,(H2,23,25,26);1H. The van der Waals surface area contributed by atoms with Gasteiger partial charge >= 0.3 is 0 Å². The fraction of sp³-hybridized carbons (Fsp3) is 0.727. The molecule has 1 aromatic heterocycles. The van der Waals surface area contributed by atoms with E-state index in [9.17, 15) is 5.11 Å². The predicted octanol–water partition coefficient (Wildman–Crippen LogP) is 4.26. The van der Waals surface area contributed by atoms with E-state index in [4.69, 9.17) is 4.74 Å². The first-order valence-electron chi connectivity index (χ1n) is 11.0. The molecule has 2 rings (SSSR count). The molecule has 29 heavy (non-hydrogen) atoms. The summed E-state index contributed by atoms with van der Waals surface area (Å²) >= 11 is 0. The maximum Gasteiger partial charge on any atom is 0.213 e. The highest BCUT2D eigenvalue weighted by Crippen LogP contribution is 2.22. The van der Waals surface area contributed by atoms with Crippen LogP contribution < -0.4 is 15.4 Å². The van der Waals surface area contributed by atoms with Crippen molar-refractivity contribution in [1.29, 1.82) is 0 Å². The number of aliphatic hydroxyl groups is 1. The molecule has 1 saturated carbocycles. The number of aliphatic imine (C=N–C) groups is 1. The Morgan fingerprint density at radius 2 is 2.00 bits per heavy atom. The molecule has 0 aliphatic heterocycles. The lowest BCUT2D eigenvalue weighted by Crippen LogP contribution is -2.40. The zero-order valence-corrected chi connectivity index (χ0v) is 20.4. The van der Waals surface area contributed by atoms with Crippen LogP contribution >= 0.6 is 24.0 Å². The van der Waals surface area contributed by atoms with Crippen LogP contribution in [0.25, 0.3) is 0 Å². The van der Waals surface area contributed by atoms with Crippen LogP contribution in [0.15, 0.2) is 23.3 Å². The highest BCUT2D eigenvalue weighted by molar-refractivity contribution is 14.0. The number of rotatable bonds is 11. The second-order valence-corrected chi connectivity index (χ2v) is 7.63. The monoisotopic (exact) mass is 518 g/mol. The minimum atomic E-state index is 0. The first-order chi connectivity index (χ1) is 13.7. The maximum atomic E-state index is 9.22. The second-order valence-electron chi connectivity index (χ2n) is 7.63. The summed E-state index contributed by atoms with van der Waals surface area (Å²) in [6.45, 7) is 6.69. The summed E-state index contributed by atoms with van der Waals surface area (Å²) in [4.78, 5) is 9.13. The van der Waals surface area contributed by atoms with Crippen molar-refractivity contribution in [3.63, 3.8) is 0 Å². The average molecular weight is 518 g/mol. The van der Waals surface area contributed by atoms with Gasteiger partial charge in [0.2, 0.25) is 5.88 Å². The van der Waals surface area contributed by atoms with E-state index in [1.165, 1.54) is 19.3 Å². The third kappa shape index (κ3) is 10.5. The van der Waals surface area contributed by atoms with Crippen LogP contribution in [0.1, 0.15) is 70.8 Å². The van der Waals surface area contributed by atoms with Gasteiger partial charge in [-0.3, -0.25) is 0 Å². The third-order valence-corrected chi connectivity index (χ3v) is 5.19. The number of guanidine groups is 1. The Kier molecular flexibility index (Phi) is 14.1. The van der Waals surface area contributed by atoms with Gasteiger partial charge in [0.05, 0.1) is 6.54 Å². The molecule has 3 N–H and O–H groups in total. The molecule has 0 radical (unpaired) electrons. The van der Waals surface area contributed by atoms with E-state index in [0.717, 1.165) is 62.6 Å². The van der Waals surface area contributed by atoms with Gasteiger partial charge in [-0.05, 0) is 56.9 Å². The summed E-state index contributed by atoms with van der Waals surface area (Å²) < 4.78 is 5.99. The predicted molar refractivity (Wildman–Crippen MR) is 130 cm³/mol. The van der Waals surface area contributed by atoms with Gasteiger partial charge in [0.25, 0.3) is 0 Å². The summed E-state index contributed by atoms with van der Waals surface area (Å²) in [6.07, 6.45) is 11.4. The van der Waals surface area contributed by atoms with Crippen LogP contribution in [-0.2, 0) is 6.54 Å². The van der Waals surface area contributed by atoms with Gasteiger partial charge < -0.3 is 20.5 Å². The molecule has 1 atom stereocenters. The van der Waals surface area contributed by atoms with Crippen molar-refractivity contribution < 1.29 is 9.84 Å². The molecule has 1 aromatic rings. The van der Waals surface area contributed by atoms with E-state index in [-0.39, 0.29) is 30.6 Å². The van der Waals surface area contributed by atoms with Crippen LogP contribution in [-0.4, -0.2) is 41.9 Å². The van der Waals surface area contributed by atoms with E-state index in [0.29, 0.717) is 18.6 Å². The Labute approximate surface area is 193 Å². The molecule has 166 valence electrons. The molecule has 0 aromatic carbocycles. The summed E-state index contributed by atoms with van der Waals surface area (Å²) in [6, 6.07) is 4.00. The molecule has 1 unspecified atom stereocenters. The lowest BCUT2D eigenvalue weighted by Gasteiger charge is -2.22. The summed E-state index contributed by atoms with van der Waals surface area (Å²) in [5, 5.41) is 15.9. The maximum absolute atomic E-state index is 9.22. The average Bonchev–Trinajstić information content (AvgIpc) is 2.72. The van der Waals surface area contributed by atoms with Gasteiger partial charge in [-0.25, -0.2) is 9.98 Å². The first kappa shape index (κ1) is 25.9. The fourth-order valence-electron chi connectivity index (χ4n) is 3.62. The van der Waals surface area contributed by atoms with Crippen molar-refractivity contribution >= 4 is 29.9 Å². The minimum absolute atomic E-state index is 0. The number of hydrogen-bond acceptors (Lipinski definition) is 4. The number of nitrogens with zero attached hydrogens (tertiary/aromatic N) is 2. The Morgan fingerprint density at radius 1 is 1.21 bits per heavy atom. The third-order valence-electron chi connectivity index (χ3n) is 5.19. The topological polar surface area (TPSA) is 78.8 Å². The molecule has 0 amide bonds. The minimum Gasteiger partial charge on any atom is -0.474 e. The number of ether oxygens (including phenoxy) is 1. The number of aliphatic hydroxyl groups excluding tert-OH is 1. The molecular formula is C22H39IN4O2.